The van der Waals surface area contributed by atoms with Crippen LogP contribution >= 0.6 is 0 Å². The molecule has 3 aromatic rings. The van der Waals surface area contributed by atoms with E-state index in [9.17, 15) is 0 Å². The molecule has 1 aromatic carbocycles. The number of hydrogen-bond donors (Lipinski definition) is 0. The van der Waals surface area contributed by atoms with E-state index >= 15 is 0 Å². The number of fused-ring (bicyclic) bond motifs is 1. The Hall–Kier alpha value is -3.23. The number of pyridine rings is 1. The van der Waals surface area contributed by atoms with E-state index in [0.717, 1.165) is 33.4 Å². The van der Waals surface area contributed by atoms with Gasteiger partial charge in [0.1, 0.15) is 0 Å². The van der Waals surface area contributed by atoms with E-state index in [0.29, 0.717) is 0 Å². The topological polar surface area (TPSA) is 43.1 Å². The van der Waals surface area contributed by atoms with E-state index in [1.54, 1.807) is 12.4 Å². The Balaban J connectivity index is 2.19. The van der Waals surface area contributed by atoms with Crippen molar-refractivity contribution in [2.24, 2.45) is 4.99 Å². The molecule has 0 unspecified atom stereocenters. The quantitative estimate of drug-likeness (QED) is 0.522. The zero-order chi connectivity index (χ0) is 16.9. The van der Waals surface area contributed by atoms with Crippen molar-refractivity contribution in [3.8, 4) is 5.69 Å². The molecule has 0 N–H and O–H groups in total. The lowest BCUT2D eigenvalue weighted by molar-refractivity contribution is 0.897. The predicted octanol–water partition coefficient (Wildman–Crippen LogP) is 4.58. The van der Waals surface area contributed by atoms with Gasteiger partial charge in [0.15, 0.2) is 5.65 Å². The molecule has 24 heavy (non-hydrogen) atoms. The number of aliphatic imine (C=N–C) groups is 1. The third-order valence-electron chi connectivity index (χ3n) is 3.67. The minimum Gasteiger partial charge on any atom is -0.256 e. The van der Waals surface area contributed by atoms with E-state index in [4.69, 9.17) is 0 Å². The molecule has 0 spiro atoms. The van der Waals surface area contributed by atoms with Gasteiger partial charge in [0.25, 0.3) is 0 Å². The summed E-state index contributed by atoms with van der Waals surface area (Å²) in [5.41, 5.74) is 7.73. The van der Waals surface area contributed by atoms with E-state index < -0.39 is 0 Å². The maximum Gasteiger partial charge on any atom is 0.163 e. The molecule has 2 heterocycles. The highest BCUT2D eigenvalue weighted by molar-refractivity contribution is 6.15. The number of rotatable bonds is 4. The van der Waals surface area contributed by atoms with Gasteiger partial charge in [0.05, 0.1) is 18.1 Å². The van der Waals surface area contributed by atoms with Crippen molar-refractivity contribution in [2.75, 3.05) is 0 Å². The van der Waals surface area contributed by atoms with Crippen LogP contribution in [0.4, 0.5) is 0 Å². The molecule has 0 aliphatic rings. The highest BCUT2D eigenvalue weighted by Crippen LogP contribution is 2.26. The summed E-state index contributed by atoms with van der Waals surface area (Å²) in [5.74, 6) is 0. The maximum absolute atomic E-state index is 4.52. The number of nitrogens with zero attached hydrogens (tertiary/aromatic N) is 4. The molecule has 0 amide bonds. The average Bonchev–Trinajstić information content (AvgIpc) is 3.03. The summed E-state index contributed by atoms with van der Waals surface area (Å²) in [6.07, 6.45) is 7.03. The average molecular weight is 314 g/mol. The molecule has 0 radical (unpaired) electrons. The molecule has 0 saturated carbocycles. The second-order valence-electron chi connectivity index (χ2n) is 5.51. The third-order valence-corrected chi connectivity index (χ3v) is 3.67. The molecule has 4 heteroatoms. The standard InChI is InChI=1S/C20H18N4/c1-4-11-21-13-18(15(2)3)17-10-12-22-20-19(17)14-23-24(20)16-8-6-5-7-9-16/h5-14H,1H2,2-3H3. The molecule has 0 saturated heterocycles. The number of hydrogen-bond acceptors (Lipinski definition) is 3. The van der Waals surface area contributed by atoms with Gasteiger partial charge in [-0.15, -0.1) is 5.73 Å². The highest BCUT2D eigenvalue weighted by Gasteiger charge is 2.12. The summed E-state index contributed by atoms with van der Waals surface area (Å²) in [6, 6.07) is 12.0. The lowest BCUT2D eigenvalue weighted by Crippen LogP contribution is -1.98. The summed E-state index contributed by atoms with van der Waals surface area (Å²) < 4.78 is 1.85. The zero-order valence-electron chi connectivity index (χ0n) is 13.8. The van der Waals surface area contributed by atoms with E-state index in [1.165, 1.54) is 0 Å². The van der Waals surface area contributed by atoms with Gasteiger partial charge in [-0.05, 0) is 43.2 Å². The maximum atomic E-state index is 4.52. The SMILES string of the molecule is C=C=CN=CC(=C(C)C)c1ccnc2c1cnn2-c1ccccc1. The van der Waals surface area contributed by atoms with Crippen LogP contribution in [0.1, 0.15) is 19.4 Å². The Morgan fingerprint density at radius 2 is 2.00 bits per heavy atom. The Morgan fingerprint density at radius 1 is 1.21 bits per heavy atom. The second-order valence-corrected chi connectivity index (χ2v) is 5.51. The van der Waals surface area contributed by atoms with Gasteiger partial charge in [-0.1, -0.05) is 30.4 Å². The monoisotopic (exact) mass is 314 g/mol. The van der Waals surface area contributed by atoms with Crippen LogP contribution in [0.5, 0.6) is 0 Å². The summed E-state index contributed by atoms with van der Waals surface area (Å²) in [4.78, 5) is 8.75. The van der Waals surface area contributed by atoms with Crippen molar-refractivity contribution in [1.82, 2.24) is 14.8 Å². The summed E-state index contributed by atoms with van der Waals surface area (Å²) in [5, 5.41) is 5.51. The number of aromatic nitrogens is 3. The first kappa shape index (κ1) is 15.7. The number of benzene rings is 1. The van der Waals surface area contributed by atoms with Crippen LogP contribution in [-0.4, -0.2) is 21.0 Å². The van der Waals surface area contributed by atoms with Gasteiger partial charge in [-0.3, -0.25) is 4.99 Å². The second kappa shape index (κ2) is 6.90. The van der Waals surface area contributed by atoms with Gasteiger partial charge in [-0.25, -0.2) is 9.67 Å². The van der Waals surface area contributed by atoms with E-state index in [-0.39, 0.29) is 0 Å². The van der Waals surface area contributed by atoms with Gasteiger partial charge >= 0.3 is 0 Å². The van der Waals surface area contributed by atoms with Crippen LogP contribution in [0, 0.1) is 0 Å². The molecule has 4 nitrogen and oxygen atoms in total. The minimum absolute atomic E-state index is 0.824. The van der Waals surface area contributed by atoms with Gasteiger partial charge in [-0.2, -0.15) is 5.10 Å². The van der Waals surface area contributed by atoms with Crippen molar-refractivity contribution in [2.45, 2.75) is 13.8 Å². The number of allylic oxidation sites excluding steroid dienone is 2. The lowest BCUT2D eigenvalue weighted by atomic mass is 10.0. The van der Waals surface area contributed by atoms with Crippen LogP contribution in [0.3, 0.4) is 0 Å². The van der Waals surface area contributed by atoms with Gasteiger partial charge in [0.2, 0.25) is 0 Å². The first-order valence-electron chi connectivity index (χ1n) is 7.66. The van der Waals surface area contributed by atoms with E-state index in [2.05, 4.69) is 41.2 Å². The Morgan fingerprint density at radius 3 is 2.71 bits per heavy atom. The highest BCUT2D eigenvalue weighted by atomic mass is 15.3. The van der Waals surface area contributed by atoms with Crippen LogP contribution < -0.4 is 0 Å². The summed E-state index contributed by atoms with van der Waals surface area (Å²) in [7, 11) is 0. The van der Waals surface area contributed by atoms with Crippen LogP contribution in [-0.2, 0) is 0 Å². The Kier molecular flexibility index (Phi) is 4.50. The molecule has 0 aliphatic carbocycles. The number of para-hydroxylation sites is 1. The fraction of sp³-hybridized carbons (Fsp3) is 0.100. The van der Waals surface area contributed by atoms with Crippen LogP contribution in [0.25, 0.3) is 22.3 Å². The molecular formula is C20H18N4. The minimum atomic E-state index is 0.824. The van der Waals surface area contributed by atoms with Gasteiger partial charge in [0, 0.05) is 17.8 Å². The van der Waals surface area contributed by atoms with Gasteiger partial charge < -0.3 is 0 Å². The Labute approximate surface area is 141 Å². The van der Waals surface area contributed by atoms with Crippen molar-refractivity contribution >= 4 is 22.8 Å². The molecule has 0 fully saturated rings. The zero-order valence-corrected chi connectivity index (χ0v) is 13.8. The van der Waals surface area contributed by atoms with Crippen molar-refractivity contribution < 1.29 is 0 Å². The molecule has 0 bridgehead atoms. The Bertz CT molecular complexity index is 967. The molecule has 118 valence electrons. The fourth-order valence-electron chi connectivity index (χ4n) is 2.55. The molecule has 0 aliphatic heterocycles. The first-order chi connectivity index (χ1) is 11.7. The summed E-state index contributed by atoms with van der Waals surface area (Å²) in [6.45, 7) is 7.65. The predicted molar refractivity (Wildman–Crippen MR) is 99.3 cm³/mol. The normalized spacial score (nSPS) is 10.8. The van der Waals surface area contributed by atoms with E-state index in [1.807, 2.05) is 53.5 Å². The third kappa shape index (κ3) is 2.96. The van der Waals surface area contributed by atoms with Crippen molar-refractivity contribution in [3.63, 3.8) is 0 Å². The first-order valence-corrected chi connectivity index (χ1v) is 7.66. The summed E-state index contributed by atoms with van der Waals surface area (Å²) >= 11 is 0. The molecular weight excluding hydrogens is 296 g/mol. The lowest BCUT2D eigenvalue weighted by Gasteiger charge is -2.07. The largest absolute Gasteiger partial charge is 0.256 e. The smallest absolute Gasteiger partial charge is 0.163 e. The van der Waals surface area contributed by atoms with Crippen LogP contribution in [0.2, 0.25) is 0 Å². The molecule has 3 rings (SSSR count). The molecule has 2 aromatic heterocycles. The molecule has 0 atom stereocenters. The van der Waals surface area contributed by atoms with Crippen LogP contribution in [0.15, 0.2) is 77.9 Å². The fourth-order valence-corrected chi connectivity index (χ4v) is 2.55. The van der Waals surface area contributed by atoms with Crippen molar-refractivity contribution in [3.05, 3.63) is 78.4 Å². The van der Waals surface area contributed by atoms with Crippen molar-refractivity contribution in [1.29, 1.82) is 0 Å².